The number of sulfonamides is 1. The number of carbonyl (C=O) groups is 1. The molecule has 0 unspecified atom stereocenters. The molecule has 46 heavy (non-hydrogen) atoms. The molecule has 1 amide bonds. The van der Waals surface area contributed by atoms with Gasteiger partial charge in [-0.2, -0.15) is 13.2 Å². The van der Waals surface area contributed by atoms with Gasteiger partial charge in [0, 0.05) is 45.8 Å². The third-order valence-corrected chi connectivity index (χ3v) is 11.1. The number of piperidine rings is 2. The van der Waals surface area contributed by atoms with Crippen LogP contribution in [0.3, 0.4) is 0 Å². The summed E-state index contributed by atoms with van der Waals surface area (Å²) < 4.78 is 108. The minimum absolute atomic E-state index is 0.221. The Balaban J connectivity index is 1.09. The zero-order valence-electron chi connectivity index (χ0n) is 26.2. The highest BCUT2D eigenvalue weighted by Gasteiger charge is 2.39. The van der Waals surface area contributed by atoms with Crippen molar-refractivity contribution in [3.63, 3.8) is 0 Å². The molecule has 0 aliphatic carbocycles. The number of nitrogens with zero attached hydrogens (tertiary/aromatic N) is 3. The van der Waals surface area contributed by atoms with E-state index in [2.05, 4.69) is 0 Å². The first-order chi connectivity index (χ1) is 21.5. The van der Waals surface area contributed by atoms with Gasteiger partial charge in [-0.15, -0.1) is 0 Å². The highest BCUT2D eigenvalue weighted by Crippen LogP contribution is 2.36. The van der Waals surface area contributed by atoms with Crippen LogP contribution in [0.5, 0.6) is 5.75 Å². The van der Waals surface area contributed by atoms with Gasteiger partial charge in [0.25, 0.3) is 0 Å². The topological polar surface area (TPSA) is 79.4 Å². The van der Waals surface area contributed by atoms with Gasteiger partial charge >= 0.3 is 12.3 Å². The number of amides is 1. The quantitative estimate of drug-likeness (QED) is 0.328. The third-order valence-electron chi connectivity index (χ3n) is 8.72. The Kier molecular flexibility index (Phi) is 9.91. The van der Waals surface area contributed by atoms with Gasteiger partial charge in [0.15, 0.2) is 17.4 Å². The first-order valence-electron chi connectivity index (χ1n) is 15.5. The van der Waals surface area contributed by atoms with E-state index in [1.807, 2.05) is 4.90 Å². The molecule has 3 heterocycles. The largest absolute Gasteiger partial charge is 0.482 e. The number of alkyl halides is 3. The van der Waals surface area contributed by atoms with Gasteiger partial charge < -0.3 is 14.4 Å². The average molecular weight is 674 g/mol. The molecule has 5 rings (SSSR count). The number of hydrogen-bond donors (Lipinski definition) is 0. The molecule has 3 saturated heterocycles. The summed E-state index contributed by atoms with van der Waals surface area (Å²) in [5, 5.41) is -0.605. The summed E-state index contributed by atoms with van der Waals surface area (Å²) in [5.74, 6) is -2.35. The van der Waals surface area contributed by atoms with E-state index in [-0.39, 0.29) is 19.0 Å². The summed E-state index contributed by atoms with van der Waals surface area (Å²) in [5.41, 5.74) is -0.219. The number of ether oxygens (including phenoxy) is 2. The van der Waals surface area contributed by atoms with Crippen LogP contribution >= 0.6 is 0 Å². The van der Waals surface area contributed by atoms with Crippen LogP contribution < -0.4 is 4.74 Å². The second-order valence-electron chi connectivity index (χ2n) is 13.3. The van der Waals surface area contributed by atoms with Crippen LogP contribution in [-0.2, 0) is 27.5 Å². The van der Waals surface area contributed by atoms with Crippen molar-refractivity contribution in [3.05, 3.63) is 64.7 Å². The van der Waals surface area contributed by atoms with Crippen molar-refractivity contribution in [1.82, 2.24) is 14.1 Å². The van der Waals surface area contributed by atoms with Gasteiger partial charge in [0.05, 0.1) is 10.8 Å². The fourth-order valence-electron chi connectivity index (χ4n) is 6.20. The molecule has 254 valence electrons. The van der Waals surface area contributed by atoms with Gasteiger partial charge in [-0.1, -0.05) is 12.1 Å². The first kappa shape index (κ1) is 34.4. The second-order valence-corrected chi connectivity index (χ2v) is 15.5. The van der Waals surface area contributed by atoms with Gasteiger partial charge in [0.2, 0.25) is 10.0 Å². The van der Waals surface area contributed by atoms with Gasteiger partial charge in [-0.3, -0.25) is 4.90 Å². The number of hydrogen-bond acceptors (Lipinski definition) is 6. The summed E-state index contributed by atoms with van der Waals surface area (Å²) in [7, 11) is -3.60. The molecule has 0 spiro atoms. The normalized spacial score (nSPS) is 20.0. The fourth-order valence-corrected chi connectivity index (χ4v) is 8.14. The molecule has 0 bridgehead atoms. The van der Waals surface area contributed by atoms with Crippen molar-refractivity contribution in [2.75, 3.05) is 39.3 Å². The molecule has 0 N–H and O–H groups in total. The van der Waals surface area contributed by atoms with Crippen LogP contribution in [0.4, 0.5) is 26.7 Å². The Hall–Kier alpha value is -2.97. The maximum absolute atomic E-state index is 15.0. The summed E-state index contributed by atoms with van der Waals surface area (Å²) in [6, 6.07) is 7.37. The lowest BCUT2D eigenvalue weighted by Gasteiger charge is -2.39. The lowest BCUT2D eigenvalue weighted by atomic mass is 9.90. The Labute approximate surface area is 266 Å². The highest BCUT2D eigenvalue weighted by molar-refractivity contribution is 7.89. The van der Waals surface area contributed by atoms with Crippen molar-refractivity contribution in [2.24, 2.45) is 0 Å². The predicted molar refractivity (Wildman–Crippen MR) is 161 cm³/mol. The van der Waals surface area contributed by atoms with E-state index in [9.17, 15) is 26.4 Å². The van der Waals surface area contributed by atoms with E-state index in [4.69, 9.17) is 9.47 Å². The molecule has 0 atom stereocenters. The van der Waals surface area contributed by atoms with Crippen LogP contribution in [-0.4, -0.2) is 84.8 Å². The summed E-state index contributed by atoms with van der Waals surface area (Å²) in [6.45, 7) is 7.51. The van der Waals surface area contributed by atoms with Gasteiger partial charge in [-0.25, -0.2) is 26.3 Å². The number of likely N-dealkylation sites (tertiary alicyclic amines) is 2. The molecule has 0 aromatic heterocycles. The summed E-state index contributed by atoms with van der Waals surface area (Å²) in [6.07, 6.45) is -3.87. The number of rotatable bonds is 7. The molecule has 0 saturated carbocycles. The predicted octanol–water partition coefficient (Wildman–Crippen LogP) is 6.16. The van der Waals surface area contributed by atoms with Crippen molar-refractivity contribution in [2.45, 2.75) is 82.0 Å². The molecule has 8 nitrogen and oxygen atoms in total. The highest BCUT2D eigenvalue weighted by atomic mass is 32.2. The fraction of sp³-hybridized carbons (Fsp3) is 0.594. The monoisotopic (exact) mass is 673 g/mol. The molecule has 3 aliphatic rings. The van der Waals surface area contributed by atoms with Crippen molar-refractivity contribution >= 4 is 16.1 Å². The van der Waals surface area contributed by atoms with Crippen LogP contribution in [0, 0.1) is 11.6 Å². The molecular formula is C32H40F5N3O5S. The Bertz CT molecular complexity index is 1470. The lowest BCUT2D eigenvalue weighted by molar-refractivity contribution is -0.137. The van der Waals surface area contributed by atoms with Crippen LogP contribution in [0.15, 0.2) is 36.4 Å². The minimum Gasteiger partial charge on any atom is -0.482 e. The zero-order chi connectivity index (χ0) is 33.4. The molecule has 3 aliphatic heterocycles. The number of benzene rings is 2. The average Bonchev–Trinajstić information content (AvgIpc) is 2.96. The first-order valence-corrected chi connectivity index (χ1v) is 17.0. The Morgan fingerprint density at radius 1 is 0.891 bits per heavy atom. The number of carbonyl (C=O) groups excluding carboxylic acids is 1. The third kappa shape index (κ3) is 8.11. The zero-order valence-corrected chi connectivity index (χ0v) is 27.0. The van der Waals surface area contributed by atoms with Gasteiger partial charge in [-0.05, 0) is 87.8 Å². The smallest absolute Gasteiger partial charge is 0.416 e. The molecule has 2 aromatic rings. The lowest BCUT2D eigenvalue weighted by Crippen LogP contribution is -2.53. The second kappa shape index (κ2) is 13.3. The minimum atomic E-state index is -4.40. The van der Waals surface area contributed by atoms with E-state index in [0.29, 0.717) is 69.5 Å². The van der Waals surface area contributed by atoms with Crippen molar-refractivity contribution in [3.8, 4) is 5.75 Å². The van der Waals surface area contributed by atoms with Crippen LogP contribution in [0.25, 0.3) is 0 Å². The molecule has 0 radical (unpaired) electrons. The Morgan fingerprint density at radius 3 is 1.98 bits per heavy atom. The van der Waals surface area contributed by atoms with Crippen molar-refractivity contribution < 1.29 is 44.6 Å². The molecule has 14 heteroatoms. The maximum Gasteiger partial charge on any atom is 0.416 e. The van der Waals surface area contributed by atoms with Crippen LogP contribution in [0.2, 0.25) is 0 Å². The maximum atomic E-state index is 15.0. The molecule has 3 fully saturated rings. The summed E-state index contributed by atoms with van der Waals surface area (Å²) in [4.78, 5) is 15.8. The summed E-state index contributed by atoms with van der Waals surface area (Å²) >= 11 is 0. The number of halogens is 5. The van der Waals surface area contributed by atoms with E-state index >= 15 is 8.78 Å². The van der Waals surface area contributed by atoms with E-state index in [1.165, 1.54) is 33.5 Å². The Morgan fingerprint density at radius 2 is 1.46 bits per heavy atom. The molecule has 2 aromatic carbocycles. The van der Waals surface area contributed by atoms with Crippen LogP contribution in [0.1, 0.15) is 69.1 Å². The van der Waals surface area contributed by atoms with Crippen molar-refractivity contribution in [1.29, 1.82) is 0 Å². The van der Waals surface area contributed by atoms with E-state index < -0.39 is 62.2 Å². The SMILES string of the molecule is CC(C)(C)OC(=O)N1CCC(S(=O)(=O)N2CCC(c3cc(F)c(OC4CN(Cc5ccc(C(F)(F)F)cc5)C4)c(F)c3)CC2)CC1. The van der Waals surface area contributed by atoms with E-state index in [0.717, 1.165) is 12.1 Å². The van der Waals surface area contributed by atoms with E-state index in [1.54, 1.807) is 20.8 Å². The standard InChI is InChI=1S/C32H40F5N3O5S/c1-31(2,3)45-30(41)39-12-10-26(11-13-39)46(42,43)40-14-8-22(9-15-40)23-16-27(33)29(28(34)17-23)44-25-19-38(20-25)18-21-4-6-24(7-5-21)32(35,36)37/h4-7,16-17,22,25-26H,8-15,18-20H2,1-3H3. The van der Waals surface area contributed by atoms with Gasteiger partial charge in [0.1, 0.15) is 11.7 Å². The molecular weight excluding hydrogens is 633 g/mol.